The monoisotopic (exact) mass is 392 g/mol. The van der Waals surface area contributed by atoms with Gasteiger partial charge in [0.1, 0.15) is 10.6 Å². The molecule has 0 aliphatic rings. The molecule has 0 aliphatic carbocycles. The van der Waals surface area contributed by atoms with Gasteiger partial charge in [-0.2, -0.15) is 0 Å². The largest absolute Gasteiger partial charge is 0.495 e. The summed E-state index contributed by atoms with van der Waals surface area (Å²) in [5, 5.41) is 2.60. The second-order valence-electron chi connectivity index (χ2n) is 5.64. The molecule has 0 aliphatic heterocycles. The zero-order chi connectivity index (χ0) is 20.2. The van der Waals surface area contributed by atoms with Crippen LogP contribution in [0.4, 0.5) is 5.69 Å². The minimum Gasteiger partial charge on any atom is -0.495 e. The van der Waals surface area contributed by atoms with Crippen LogP contribution in [0.1, 0.15) is 20.7 Å². The Bertz CT molecular complexity index is 970. The van der Waals surface area contributed by atoms with Gasteiger partial charge in [0.05, 0.1) is 25.5 Å². The van der Waals surface area contributed by atoms with E-state index in [0.717, 1.165) is 4.31 Å². The fourth-order valence-electron chi connectivity index (χ4n) is 2.29. The van der Waals surface area contributed by atoms with Crippen molar-refractivity contribution in [2.45, 2.75) is 4.90 Å². The predicted octanol–water partition coefficient (Wildman–Crippen LogP) is 1.98. The number of para-hydroxylation sites is 1. The third-order valence-corrected chi connectivity index (χ3v) is 5.60. The van der Waals surface area contributed by atoms with Gasteiger partial charge in [-0.3, -0.25) is 4.79 Å². The molecule has 0 atom stereocenters. The molecule has 144 valence electrons. The number of hydrogen-bond donors (Lipinski definition) is 1. The van der Waals surface area contributed by atoms with Gasteiger partial charge in [0.25, 0.3) is 5.91 Å². The summed E-state index contributed by atoms with van der Waals surface area (Å²) in [7, 11) is 1.53. The van der Waals surface area contributed by atoms with E-state index < -0.39 is 21.9 Å². The van der Waals surface area contributed by atoms with Gasteiger partial charge in [-0.05, 0) is 30.3 Å². The SMILES string of the molecule is COC(=O)c1ccccc1NC(=O)c1ccc(OC)c(S(=O)(=O)N(C)C)c1. The van der Waals surface area contributed by atoms with E-state index in [0.29, 0.717) is 0 Å². The Morgan fingerprint density at radius 3 is 2.30 bits per heavy atom. The van der Waals surface area contributed by atoms with E-state index in [-0.39, 0.29) is 27.5 Å². The van der Waals surface area contributed by atoms with Crippen LogP contribution in [0.25, 0.3) is 0 Å². The van der Waals surface area contributed by atoms with E-state index >= 15 is 0 Å². The molecule has 0 heterocycles. The number of anilines is 1. The fourth-order valence-corrected chi connectivity index (χ4v) is 3.37. The van der Waals surface area contributed by atoms with Crippen molar-refractivity contribution >= 4 is 27.6 Å². The van der Waals surface area contributed by atoms with Gasteiger partial charge >= 0.3 is 5.97 Å². The highest BCUT2D eigenvalue weighted by Crippen LogP contribution is 2.27. The van der Waals surface area contributed by atoms with Crippen molar-refractivity contribution in [1.29, 1.82) is 0 Å². The minimum absolute atomic E-state index is 0.0934. The summed E-state index contributed by atoms with van der Waals surface area (Å²) in [6, 6.07) is 10.4. The lowest BCUT2D eigenvalue weighted by atomic mass is 10.1. The summed E-state index contributed by atoms with van der Waals surface area (Å²) in [5.74, 6) is -1.06. The highest BCUT2D eigenvalue weighted by molar-refractivity contribution is 7.89. The second-order valence-corrected chi connectivity index (χ2v) is 7.76. The Hall–Kier alpha value is -2.91. The van der Waals surface area contributed by atoms with E-state index in [1.807, 2.05) is 0 Å². The number of ether oxygens (including phenoxy) is 2. The molecule has 0 saturated heterocycles. The number of nitrogens with zero attached hydrogens (tertiary/aromatic N) is 1. The number of esters is 1. The van der Waals surface area contributed by atoms with Crippen LogP contribution in [0.3, 0.4) is 0 Å². The van der Waals surface area contributed by atoms with Gasteiger partial charge in [-0.15, -0.1) is 0 Å². The van der Waals surface area contributed by atoms with Gasteiger partial charge in [0, 0.05) is 19.7 Å². The van der Waals surface area contributed by atoms with Crippen molar-refractivity contribution < 1.29 is 27.5 Å². The van der Waals surface area contributed by atoms with E-state index in [1.54, 1.807) is 18.2 Å². The van der Waals surface area contributed by atoms with Crippen molar-refractivity contribution in [2.75, 3.05) is 33.6 Å². The second kappa shape index (κ2) is 8.19. The molecule has 8 nitrogen and oxygen atoms in total. The molecule has 1 N–H and O–H groups in total. The fraction of sp³-hybridized carbons (Fsp3) is 0.222. The minimum atomic E-state index is -3.82. The summed E-state index contributed by atoms with van der Waals surface area (Å²) >= 11 is 0. The van der Waals surface area contributed by atoms with Gasteiger partial charge in [-0.1, -0.05) is 12.1 Å². The Kier molecular flexibility index (Phi) is 6.19. The lowest BCUT2D eigenvalue weighted by Crippen LogP contribution is -2.23. The van der Waals surface area contributed by atoms with Gasteiger partial charge in [0.15, 0.2) is 0 Å². The predicted molar refractivity (Wildman–Crippen MR) is 99.6 cm³/mol. The molecule has 0 aromatic heterocycles. The standard InChI is InChI=1S/C18H20N2O6S/c1-20(2)27(23,24)16-11-12(9-10-15(16)25-3)17(21)19-14-8-6-5-7-13(14)18(22)26-4/h5-11H,1-4H3,(H,19,21). The number of carbonyl (C=O) groups is 2. The highest BCUT2D eigenvalue weighted by atomic mass is 32.2. The van der Waals surface area contributed by atoms with Crippen molar-refractivity contribution in [3.63, 3.8) is 0 Å². The third kappa shape index (κ3) is 4.26. The molecule has 0 bridgehead atoms. The maximum Gasteiger partial charge on any atom is 0.339 e. The molecule has 0 saturated carbocycles. The zero-order valence-electron chi connectivity index (χ0n) is 15.3. The first-order valence-corrected chi connectivity index (χ1v) is 9.25. The average molecular weight is 392 g/mol. The Morgan fingerprint density at radius 2 is 1.70 bits per heavy atom. The van der Waals surface area contributed by atoms with Crippen molar-refractivity contribution in [1.82, 2.24) is 4.31 Å². The van der Waals surface area contributed by atoms with Gasteiger partial charge in [-0.25, -0.2) is 17.5 Å². The molecule has 0 fully saturated rings. The number of carbonyl (C=O) groups excluding carboxylic acids is 2. The molecule has 0 spiro atoms. The van der Waals surface area contributed by atoms with Crippen LogP contribution in [-0.4, -0.2) is 52.9 Å². The number of nitrogens with one attached hydrogen (secondary N) is 1. The van der Waals surface area contributed by atoms with Crippen LogP contribution in [0.15, 0.2) is 47.4 Å². The third-order valence-electron chi connectivity index (χ3n) is 3.77. The molecule has 1 amide bonds. The summed E-state index contributed by atoms with van der Waals surface area (Å²) < 4.78 is 35.8. The van der Waals surface area contributed by atoms with Crippen LogP contribution >= 0.6 is 0 Å². The number of rotatable bonds is 6. The van der Waals surface area contributed by atoms with Crippen LogP contribution in [0.5, 0.6) is 5.75 Å². The summed E-state index contributed by atoms with van der Waals surface area (Å²) in [6.07, 6.45) is 0. The first kappa shape index (κ1) is 20.4. The maximum absolute atomic E-state index is 12.6. The maximum atomic E-state index is 12.6. The average Bonchev–Trinajstić information content (AvgIpc) is 2.67. The molecular formula is C18H20N2O6S. The molecular weight excluding hydrogens is 372 g/mol. The van der Waals surface area contributed by atoms with Crippen molar-refractivity contribution in [2.24, 2.45) is 0 Å². The molecule has 0 radical (unpaired) electrons. The highest BCUT2D eigenvalue weighted by Gasteiger charge is 2.24. The molecule has 0 unspecified atom stereocenters. The molecule has 2 aromatic carbocycles. The van der Waals surface area contributed by atoms with Crippen LogP contribution in [0, 0.1) is 0 Å². The summed E-state index contributed by atoms with van der Waals surface area (Å²) in [4.78, 5) is 24.3. The molecule has 2 rings (SSSR count). The normalized spacial score (nSPS) is 11.1. The zero-order valence-corrected chi connectivity index (χ0v) is 16.2. The first-order chi connectivity index (χ1) is 12.7. The lowest BCUT2D eigenvalue weighted by molar-refractivity contribution is 0.0602. The van der Waals surface area contributed by atoms with Crippen molar-refractivity contribution in [3.05, 3.63) is 53.6 Å². The summed E-state index contributed by atoms with van der Waals surface area (Å²) in [6.45, 7) is 0. The Labute approximate surface area is 157 Å². The van der Waals surface area contributed by atoms with Crippen molar-refractivity contribution in [3.8, 4) is 5.75 Å². The van der Waals surface area contributed by atoms with E-state index in [9.17, 15) is 18.0 Å². The number of hydrogen-bond acceptors (Lipinski definition) is 6. The Balaban J connectivity index is 2.43. The van der Waals surface area contributed by atoms with E-state index in [1.165, 1.54) is 52.6 Å². The van der Waals surface area contributed by atoms with Gasteiger partial charge in [0.2, 0.25) is 10.0 Å². The van der Waals surface area contributed by atoms with Crippen LogP contribution in [0.2, 0.25) is 0 Å². The van der Waals surface area contributed by atoms with E-state index in [2.05, 4.69) is 5.32 Å². The Morgan fingerprint density at radius 1 is 1.04 bits per heavy atom. The number of benzene rings is 2. The quantitative estimate of drug-likeness (QED) is 0.755. The number of sulfonamides is 1. The lowest BCUT2D eigenvalue weighted by Gasteiger charge is -2.16. The molecule has 9 heteroatoms. The van der Waals surface area contributed by atoms with Crippen LogP contribution in [-0.2, 0) is 14.8 Å². The molecule has 2 aromatic rings. The smallest absolute Gasteiger partial charge is 0.339 e. The first-order valence-electron chi connectivity index (χ1n) is 7.81. The summed E-state index contributed by atoms with van der Waals surface area (Å²) in [5.41, 5.74) is 0.529. The number of amides is 1. The molecule has 27 heavy (non-hydrogen) atoms. The van der Waals surface area contributed by atoms with Crippen LogP contribution < -0.4 is 10.1 Å². The van der Waals surface area contributed by atoms with E-state index in [4.69, 9.17) is 9.47 Å². The van der Waals surface area contributed by atoms with Gasteiger partial charge < -0.3 is 14.8 Å². The topological polar surface area (TPSA) is 102 Å². The number of methoxy groups -OCH3 is 2.